The molecule has 0 radical (unpaired) electrons. The van der Waals surface area contributed by atoms with Gasteiger partial charge in [-0.3, -0.25) is 4.79 Å². The summed E-state index contributed by atoms with van der Waals surface area (Å²) in [7, 11) is 1.74. The molecule has 0 aliphatic heterocycles. The minimum atomic E-state index is -0.0873. The van der Waals surface area contributed by atoms with E-state index in [-0.39, 0.29) is 5.56 Å². The topological polar surface area (TPSA) is 61.9 Å². The molecule has 1 saturated carbocycles. The second kappa shape index (κ2) is 7.73. The summed E-state index contributed by atoms with van der Waals surface area (Å²) in [6.07, 6.45) is 2.39. The predicted molar refractivity (Wildman–Crippen MR) is 123 cm³/mol. The van der Waals surface area contributed by atoms with E-state index in [1.165, 1.54) is 18.4 Å². The fraction of sp³-hybridized carbons (Fsp3) is 0.192. The molecule has 0 unspecified atom stereocenters. The molecule has 31 heavy (non-hydrogen) atoms. The molecule has 0 spiro atoms. The number of anilines is 2. The van der Waals surface area contributed by atoms with Crippen molar-refractivity contribution in [2.45, 2.75) is 12.8 Å². The number of rotatable bonds is 5. The SMILES string of the molecule is Cn1c(=O)cc(N(CC2CC2)c2ccc(-c3ccccc3)cc2)c2nc(C#N)ccc21. The van der Waals surface area contributed by atoms with Crippen molar-refractivity contribution in [3.05, 3.63) is 88.8 Å². The average Bonchev–Trinajstić information content (AvgIpc) is 3.65. The van der Waals surface area contributed by atoms with E-state index in [9.17, 15) is 10.1 Å². The summed E-state index contributed by atoms with van der Waals surface area (Å²) in [5, 5.41) is 9.37. The van der Waals surface area contributed by atoms with E-state index in [2.05, 4.69) is 52.4 Å². The first-order valence-corrected chi connectivity index (χ1v) is 10.5. The third kappa shape index (κ3) is 3.69. The summed E-state index contributed by atoms with van der Waals surface area (Å²) in [4.78, 5) is 19.5. The minimum absolute atomic E-state index is 0.0873. The van der Waals surface area contributed by atoms with Crippen LogP contribution in [-0.2, 0) is 7.05 Å². The van der Waals surface area contributed by atoms with Gasteiger partial charge in [0.1, 0.15) is 17.3 Å². The summed E-state index contributed by atoms with van der Waals surface area (Å²) in [5.41, 5.74) is 5.75. The Kier molecular flexibility index (Phi) is 4.76. The quantitative estimate of drug-likeness (QED) is 0.467. The molecular weight excluding hydrogens is 384 g/mol. The lowest BCUT2D eigenvalue weighted by molar-refractivity contribution is 0.811. The van der Waals surface area contributed by atoms with Gasteiger partial charge in [-0.2, -0.15) is 5.26 Å². The average molecular weight is 406 g/mol. The Hall–Kier alpha value is -3.91. The third-order valence-corrected chi connectivity index (χ3v) is 5.90. The number of nitrogens with zero attached hydrogens (tertiary/aromatic N) is 4. The number of benzene rings is 2. The molecule has 4 aromatic rings. The molecule has 1 aliphatic carbocycles. The van der Waals surface area contributed by atoms with Gasteiger partial charge >= 0.3 is 0 Å². The molecule has 152 valence electrons. The van der Waals surface area contributed by atoms with Crippen LogP contribution in [0.5, 0.6) is 0 Å². The van der Waals surface area contributed by atoms with E-state index in [0.717, 1.165) is 29.0 Å². The van der Waals surface area contributed by atoms with Gasteiger partial charge in [0.25, 0.3) is 5.56 Å². The molecule has 0 N–H and O–H groups in total. The van der Waals surface area contributed by atoms with Gasteiger partial charge in [0, 0.05) is 25.3 Å². The van der Waals surface area contributed by atoms with Crippen LogP contribution in [0.1, 0.15) is 18.5 Å². The number of aromatic nitrogens is 2. The van der Waals surface area contributed by atoms with Crippen molar-refractivity contribution in [3.63, 3.8) is 0 Å². The zero-order valence-corrected chi connectivity index (χ0v) is 17.3. The molecule has 0 bridgehead atoms. The molecule has 2 heterocycles. The second-order valence-electron chi connectivity index (χ2n) is 8.07. The van der Waals surface area contributed by atoms with Crippen LogP contribution in [0.3, 0.4) is 0 Å². The second-order valence-corrected chi connectivity index (χ2v) is 8.07. The summed E-state index contributed by atoms with van der Waals surface area (Å²) >= 11 is 0. The third-order valence-electron chi connectivity index (χ3n) is 5.90. The van der Waals surface area contributed by atoms with Gasteiger partial charge in [0.15, 0.2) is 0 Å². The standard InChI is InChI=1S/C26H22N4O/c1-29-23-14-11-21(16-27)28-26(23)24(15-25(29)31)30(17-18-7-8-18)22-12-9-20(10-13-22)19-5-3-2-4-6-19/h2-6,9-15,18H,7-8,17H2,1H3. The first-order valence-electron chi connectivity index (χ1n) is 10.5. The molecule has 5 rings (SSSR count). The minimum Gasteiger partial charge on any atom is -0.339 e. The lowest BCUT2D eigenvalue weighted by Gasteiger charge is -2.26. The van der Waals surface area contributed by atoms with Gasteiger partial charge in [-0.05, 0) is 54.2 Å². The van der Waals surface area contributed by atoms with Crippen molar-refractivity contribution in [1.29, 1.82) is 5.26 Å². The number of nitriles is 1. The monoisotopic (exact) mass is 406 g/mol. The highest BCUT2D eigenvalue weighted by Crippen LogP contribution is 2.37. The highest BCUT2D eigenvalue weighted by atomic mass is 16.1. The van der Waals surface area contributed by atoms with Gasteiger partial charge < -0.3 is 9.47 Å². The highest BCUT2D eigenvalue weighted by Gasteiger charge is 2.27. The van der Waals surface area contributed by atoms with Crippen LogP contribution in [0.2, 0.25) is 0 Å². The molecule has 2 aromatic heterocycles. The van der Waals surface area contributed by atoms with Gasteiger partial charge in [-0.15, -0.1) is 0 Å². The Morgan fingerprint density at radius 3 is 2.42 bits per heavy atom. The normalized spacial score (nSPS) is 13.2. The molecule has 0 amide bonds. The van der Waals surface area contributed by atoms with Gasteiger partial charge in [0.2, 0.25) is 0 Å². The smallest absolute Gasteiger partial charge is 0.252 e. The number of pyridine rings is 2. The van der Waals surface area contributed by atoms with E-state index in [0.29, 0.717) is 17.1 Å². The van der Waals surface area contributed by atoms with E-state index in [1.807, 2.05) is 18.2 Å². The maximum Gasteiger partial charge on any atom is 0.252 e. The fourth-order valence-electron chi connectivity index (χ4n) is 3.95. The lowest BCUT2D eigenvalue weighted by atomic mass is 10.0. The van der Waals surface area contributed by atoms with Crippen LogP contribution < -0.4 is 10.5 Å². The zero-order valence-electron chi connectivity index (χ0n) is 17.3. The number of hydrogen-bond acceptors (Lipinski definition) is 4. The van der Waals surface area contributed by atoms with Crippen LogP contribution in [0, 0.1) is 17.2 Å². The summed E-state index contributed by atoms with van der Waals surface area (Å²) in [6, 6.07) is 25.9. The molecular formula is C26H22N4O. The van der Waals surface area contributed by atoms with Gasteiger partial charge in [0.05, 0.1) is 11.2 Å². The first-order chi connectivity index (χ1) is 15.1. The van der Waals surface area contributed by atoms with E-state index >= 15 is 0 Å². The van der Waals surface area contributed by atoms with Crippen molar-refractivity contribution in [2.75, 3.05) is 11.4 Å². The van der Waals surface area contributed by atoms with Crippen LogP contribution in [0.4, 0.5) is 11.4 Å². The Balaban J connectivity index is 1.64. The van der Waals surface area contributed by atoms with Crippen molar-refractivity contribution in [3.8, 4) is 17.2 Å². The molecule has 5 nitrogen and oxygen atoms in total. The molecule has 0 atom stereocenters. The number of fused-ring (bicyclic) bond motifs is 1. The van der Waals surface area contributed by atoms with Crippen molar-refractivity contribution in [2.24, 2.45) is 13.0 Å². The first kappa shape index (κ1) is 19.1. The zero-order chi connectivity index (χ0) is 21.4. The number of hydrogen-bond donors (Lipinski definition) is 0. The van der Waals surface area contributed by atoms with Gasteiger partial charge in [-0.25, -0.2) is 4.98 Å². The predicted octanol–water partition coefficient (Wildman–Crippen LogP) is 5.02. The largest absolute Gasteiger partial charge is 0.339 e. The Bertz CT molecular complexity index is 1350. The van der Waals surface area contributed by atoms with Crippen LogP contribution in [0.25, 0.3) is 22.2 Å². The Labute approximate surface area is 180 Å². The maximum absolute atomic E-state index is 12.7. The molecule has 1 fully saturated rings. The highest BCUT2D eigenvalue weighted by molar-refractivity contribution is 5.91. The van der Waals surface area contributed by atoms with Crippen LogP contribution in [0.15, 0.2) is 77.6 Å². The Morgan fingerprint density at radius 2 is 1.74 bits per heavy atom. The fourth-order valence-corrected chi connectivity index (χ4v) is 3.95. The molecule has 5 heteroatoms. The number of aryl methyl sites for hydroxylation is 1. The summed E-state index contributed by atoms with van der Waals surface area (Å²) in [5.74, 6) is 0.604. The van der Waals surface area contributed by atoms with Crippen molar-refractivity contribution >= 4 is 22.4 Å². The van der Waals surface area contributed by atoms with E-state index in [1.54, 1.807) is 29.8 Å². The van der Waals surface area contributed by atoms with Crippen molar-refractivity contribution < 1.29 is 0 Å². The van der Waals surface area contributed by atoms with Crippen LogP contribution >= 0.6 is 0 Å². The molecule has 0 saturated heterocycles. The van der Waals surface area contributed by atoms with Crippen LogP contribution in [-0.4, -0.2) is 16.1 Å². The lowest BCUT2D eigenvalue weighted by Crippen LogP contribution is -2.25. The molecule has 1 aliphatic rings. The van der Waals surface area contributed by atoms with Gasteiger partial charge in [-0.1, -0.05) is 42.5 Å². The summed E-state index contributed by atoms with van der Waals surface area (Å²) < 4.78 is 1.58. The van der Waals surface area contributed by atoms with E-state index < -0.39 is 0 Å². The molecule has 2 aromatic carbocycles. The van der Waals surface area contributed by atoms with E-state index in [4.69, 9.17) is 0 Å². The Morgan fingerprint density at radius 1 is 1.03 bits per heavy atom. The maximum atomic E-state index is 12.7. The summed E-state index contributed by atoms with van der Waals surface area (Å²) in [6.45, 7) is 0.825. The van der Waals surface area contributed by atoms with Crippen molar-refractivity contribution in [1.82, 2.24) is 9.55 Å².